The van der Waals surface area contributed by atoms with Crippen molar-refractivity contribution < 1.29 is 42.9 Å². The Kier molecular flexibility index (Phi) is 8.40. The lowest BCUT2D eigenvalue weighted by Crippen LogP contribution is -2.59. The fourth-order valence-electron chi connectivity index (χ4n) is 3.68. The lowest BCUT2D eigenvalue weighted by molar-refractivity contribution is -0.248. The monoisotopic (exact) mass is 504 g/mol. The standard InChI is InChI=1S/C28H24O9/c1-33-28-24(37-27(32)20-15-9-4-10-16-20)23(36-26(31)19-13-7-3-8-14-19)22(29)21(35-28)17-34-25(30)18-11-5-2-6-12-18/h2-16,21,23-24,28H,17H2,1H3. The van der Waals surface area contributed by atoms with Crippen molar-refractivity contribution in [3.05, 3.63) is 108 Å². The predicted octanol–water partition coefficient (Wildman–Crippen LogP) is 3.24. The van der Waals surface area contributed by atoms with Gasteiger partial charge in [0.05, 0.1) is 16.7 Å². The molecule has 0 N–H and O–H groups in total. The lowest BCUT2D eigenvalue weighted by atomic mass is 10.00. The topological polar surface area (TPSA) is 114 Å². The highest BCUT2D eigenvalue weighted by atomic mass is 16.7. The molecule has 1 saturated heterocycles. The molecule has 37 heavy (non-hydrogen) atoms. The van der Waals surface area contributed by atoms with Gasteiger partial charge >= 0.3 is 17.9 Å². The van der Waals surface area contributed by atoms with E-state index in [1.165, 1.54) is 31.4 Å². The number of Topliss-reactive ketones (excluding diaryl/α,β-unsaturated/α-hetero) is 1. The van der Waals surface area contributed by atoms with Gasteiger partial charge in [-0.3, -0.25) is 4.79 Å². The largest absolute Gasteiger partial charge is 0.459 e. The number of carbonyl (C=O) groups excluding carboxylic acids is 4. The van der Waals surface area contributed by atoms with E-state index >= 15 is 0 Å². The van der Waals surface area contributed by atoms with E-state index in [2.05, 4.69) is 0 Å². The highest BCUT2D eigenvalue weighted by Crippen LogP contribution is 2.26. The Morgan fingerprint density at radius 2 is 1.16 bits per heavy atom. The van der Waals surface area contributed by atoms with E-state index in [9.17, 15) is 19.2 Å². The number of ether oxygens (including phenoxy) is 5. The molecule has 0 aromatic heterocycles. The van der Waals surface area contributed by atoms with Crippen LogP contribution in [-0.2, 0) is 28.5 Å². The molecule has 4 unspecified atom stereocenters. The Bertz CT molecular complexity index is 1230. The third-order valence-electron chi connectivity index (χ3n) is 5.57. The molecule has 3 aromatic rings. The summed E-state index contributed by atoms with van der Waals surface area (Å²) >= 11 is 0. The average molecular weight is 504 g/mol. The van der Waals surface area contributed by atoms with Crippen LogP contribution in [0.25, 0.3) is 0 Å². The molecule has 0 saturated carbocycles. The zero-order valence-corrected chi connectivity index (χ0v) is 19.9. The van der Waals surface area contributed by atoms with E-state index in [-0.39, 0.29) is 16.7 Å². The minimum atomic E-state index is -1.58. The van der Waals surface area contributed by atoms with Gasteiger partial charge in [0.15, 0.2) is 18.5 Å². The number of hydrogen-bond acceptors (Lipinski definition) is 9. The molecule has 9 nitrogen and oxygen atoms in total. The molecular formula is C28H24O9. The molecular weight excluding hydrogens is 480 g/mol. The Morgan fingerprint density at radius 1 is 0.703 bits per heavy atom. The number of hydrogen-bond donors (Lipinski definition) is 0. The van der Waals surface area contributed by atoms with Gasteiger partial charge in [-0.25, -0.2) is 14.4 Å². The Labute approximate surface area is 212 Å². The lowest BCUT2D eigenvalue weighted by Gasteiger charge is -2.38. The molecule has 1 aliphatic rings. The van der Waals surface area contributed by atoms with E-state index < -0.39 is 54.9 Å². The van der Waals surface area contributed by atoms with E-state index in [4.69, 9.17) is 23.7 Å². The molecule has 0 aliphatic carbocycles. The molecule has 0 bridgehead atoms. The van der Waals surface area contributed by atoms with Crippen LogP contribution in [0.2, 0.25) is 0 Å². The summed E-state index contributed by atoms with van der Waals surface area (Å²) in [7, 11) is 1.28. The van der Waals surface area contributed by atoms with Gasteiger partial charge in [-0.2, -0.15) is 0 Å². The first kappa shape index (κ1) is 25.7. The van der Waals surface area contributed by atoms with E-state index in [1.807, 2.05) is 0 Å². The first-order valence-electron chi connectivity index (χ1n) is 11.4. The molecule has 4 rings (SSSR count). The highest BCUT2D eigenvalue weighted by molar-refractivity contribution is 5.96. The van der Waals surface area contributed by atoms with Crippen LogP contribution in [-0.4, -0.2) is 62.0 Å². The van der Waals surface area contributed by atoms with Crippen molar-refractivity contribution in [1.29, 1.82) is 0 Å². The fraction of sp³-hybridized carbons (Fsp3) is 0.214. The van der Waals surface area contributed by atoms with Crippen molar-refractivity contribution in [2.75, 3.05) is 13.7 Å². The van der Waals surface area contributed by atoms with Crippen LogP contribution in [0, 0.1) is 0 Å². The van der Waals surface area contributed by atoms with Crippen LogP contribution in [0.3, 0.4) is 0 Å². The van der Waals surface area contributed by atoms with Crippen LogP contribution in [0.15, 0.2) is 91.0 Å². The summed E-state index contributed by atoms with van der Waals surface area (Å²) in [6.07, 6.45) is -5.63. The normalized spacial score (nSPS) is 21.1. The fourth-order valence-corrected chi connectivity index (χ4v) is 3.68. The Balaban J connectivity index is 1.56. The average Bonchev–Trinajstić information content (AvgIpc) is 2.95. The predicted molar refractivity (Wildman–Crippen MR) is 129 cm³/mol. The first-order valence-corrected chi connectivity index (χ1v) is 11.4. The molecule has 0 amide bonds. The van der Waals surface area contributed by atoms with Crippen LogP contribution in [0.1, 0.15) is 31.1 Å². The number of esters is 3. The third kappa shape index (κ3) is 6.27. The van der Waals surface area contributed by atoms with Gasteiger partial charge in [-0.1, -0.05) is 54.6 Å². The van der Waals surface area contributed by atoms with Crippen LogP contribution in [0.4, 0.5) is 0 Å². The van der Waals surface area contributed by atoms with Crippen molar-refractivity contribution in [2.45, 2.75) is 24.6 Å². The third-order valence-corrected chi connectivity index (χ3v) is 5.57. The van der Waals surface area contributed by atoms with Gasteiger partial charge in [0.1, 0.15) is 6.61 Å². The molecule has 4 atom stereocenters. The van der Waals surface area contributed by atoms with Gasteiger partial charge in [0, 0.05) is 7.11 Å². The zero-order valence-electron chi connectivity index (χ0n) is 19.9. The molecule has 0 spiro atoms. The quantitative estimate of drug-likeness (QED) is 0.337. The maximum atomic E-state index is 13.4. The van der Waals surface area contributed by atoms with Gasteiger partial charge in [0.2, 0.25) is 11.9 Å². The maximum Gasteiger partial charge on any atom is 0.338 e. The van der Waals surface area contributed by atoms with Gasteiger partial charge in [-0.15, -0.1) is 0 Å². The second-order valence-electron chi connectivity index (χ2n) is 8.02. The van der Waals surface area contributed by atoms with Crippen molar-refractivity contribution in [2.24, 2.45) is 0 Å². The van der Waals surface area contributed by atoms with Crippen LogP contribution < -0.4 is 0 Å². The van der Waals surface area contributed by atoms with Crippen LogP contribution >= 0.6 is 0 Å². The van der Waals surface area contributed by atoms with Gasteiger partial charge in [0.25, 0.3) is 0 Å². The van der Waals surface area contributed by atoms with Crippen molar-refractivity contribution in [3.8, 4) is 0 Å². The van der Waals surface area contributed by atoms with Crippen molar-refractivity contribution in [3.63, 3.8) is 0 Å². The number of methoxy groups -OCH3 is 1. The molecule has 1 fully saturated rings. The Hall–Kier alpha value is -4.34. The van der Waals surface area contributed by atoms with Gasteiger partial charge in [-0.05, 0) is 36.4 Å². The highest BCUT2D eigenvalue weighted by Gasteiger charge is 2.50. The molecule has 3 aromatic carbocycles. The van der Waals surface area contributed by atoms with Crippen LogP contribution in [0.5, 0.6) is 0 Å². The summed E-state index contributed by atoms with van der Waals surface area (Å²) in [6, 6.07) is 24.3. The maximum absolute atomic E-state index is 13.4. The minimum absolute atomic E-state index is 0.191. The summed E-state index contributed by atoms with van der Waals surface area (Å²) < 4.78 is 27.4. The molecule has 1 aliphatic heterocycles. The number of carbonyl (C=O) groups is 4. The summed E-state index contributed by atoms with van der Waals surface area (Å²) in [4.78, 5) is 51.4. The zero-order chi connectivity index (χ0) is 26.2. The molecule has 190 valence electrons. The van der Waals surface area contributed by atoms with E-state index in [1.54, 1.807) is 66.7 Å². The summed E-state index contributed by atoms with van der Waals surface area (Å²) in [5, 5.41) is 0. The van der Waals surface area contributed by atoms with Crippen molar-refractivity contribution in [1.82, 2.24) is 0 Å². The Morgan fingerprint density at radius 3 is 1.65 bits per heavy atom. The van der Waals surface area contributed by atoms with Gasteiger partial charge < -0.3 is 23.7 Å². The summed E-state index contributed by atoms with van der Waals surface area (Å²) in [6.45, 7) is -0.467. The molecule has 1 heterocycles. The second-order valence-corrected chi connectivity index (χ2v) is 8.02. The smallest absolute Gasteiger partial charge is 0.338 e. The van der Waals surface area contributed by atoms with E-state index in [0.717, 1.165) is 0 Å². The number of ketones is 1. The molecule has 0 radical (unpaired) electrons. The SMILES string of the molecule is COC1OC(COC(=O)c2ccccc2)C(=O)C(OC(=O)c2ccccc2)C1OC(=O)c1ccccc1. The first-order chi connectivity index (χ1) is 18.0. The van der Waals surface area contributed by atoms with Crippen molar-refractivity contribution >= 4 is 23.7 Å². The number of benzene rings is 3. The second kappa shape index (κ2) is 12.1. The molecule has 9 heteroatoms. The minimum Gasteiger partial charge on any atom is -0.459 e. The van der Waals surface area contributed by atoms with E-state index in [0.29, 0.717) is 0 Å². The summed E-state index contributed by atoms with van der Waals surface area (Å²) in [5.41, 5.74) is 0.698. The number of rotatable bonds is 8. The summed E-state index contributed by atoms with van der Waals surface area (Å²) in [5.74, 6) is -2.99.